The molecule has 2 rings (SSSR count). The molecule has 0 fully saturated rings. The number of benzene rings is 1. The molecule has 0 saturated heterocycles. The van der Waals surface area contributed by atoms with Gasteiger partial charge in [0.15, 0.2) is 0 Å². The Morgan fingerprint density at radius 1 is 1.32 bits per heavy atom. The summed E-state index contributed by atoms with van der Waals surface area (Å²) < 4.78 is 5.63. The normalized spacial score (nSPS) is 17.0. The second kappa shape index (κ2) is 9.13. The zero-order chi connectivity index (χ0) is 15.6. The maximum Gasteiger partial charge on any atom is 0.317 e. The van der Waals surface area contributed by atoms with Crippen LogP contribution in [0.1, 0.15) is 25.7 Å². The van der Waals surface area contributed by atoms with Gasteiger partial charge in [-0.15, -0.1) is 0 Å². The number of nitrogens with zero attached hydrogens (tertiary/aromatic N) is 1. The molecule has 1 aliphatic carbocycles. The summed E-state index contributed by atoms with van der Waals surface area (Å²) in [5, 5.41) is 3.02. The second-order valence-electron chi connectivity index (χ2n) is 5.77. The first-order valence-corrected chi connectivity index (χ1v) is 8.07. The number of hydrogen-bond donors (Lipinski definition) is 1. The summed E-state index contributed by atoms with van der Waals surface area (Å²) in [6.07, 6.45) is 8.64. The Balaban J connectivity index is 1.57. The highest BCUT2D eigenvalue weighted by Crippen LogP contribution is 2.16. The Morgan fingerprint density at radius 3 is 2.86 bits per heavy atom. The van der Waals surface area contributed by atoms with Crippen LogP contribution in [0.3, 0.4) is 0 Å². The number of rotatable bonds is 7. The van der Waals surface area contributed by atoms with Crippen molar-refractivity contribution in [3.05, 3.63) is 42.5 Å². The van der Waals surface area contributed by atoms with Crippen LogP contribution >= 0.6 is 0 Å². The quantitative estimate of drug-likeness (QED) is 0.619. The lowest BCUT2D eigenvalue weighted by molar-refractivity contribution is 0.201. The van der Waals surface area contributed by atoms with Gasteiger partial charge in [-0.05, 0) is 43.7 Å². The van der Waals surface area contributed by atoms with Crippen LogP contribution in [-0.4, -0.2) is 37.7 Å². The van der Waals surface area contributed by atoms with Gasteiger partial charge in [-0.1, -0.05) is 30.4 Å². The smallest absolute Gasteiger partial charge is 0.317 e. The zero-order valence-electron chi connectivity index (χ0n) is 13.3. The molecule has 0 bridgehead atoms. The van der Waals surface area contributed by atoms with Crippen molar-refractivity contribution in [2.75, 3.05) is 26.7 Å². The van der Waals surface area contributed by atoms with E-state index in [-0.39, 0.29) is 6.03 Å². The first-order chi connectivity index (χ1) is 10.8. The Hall–Kier alpha value is -1.97. The number of urea groups is 1. The SMILES string of the molecule is CN(CCCOc1ccccc1)C(=O)NCC1CC=CCC1. The monoisotopic (exact) mass is 302 g/mol. The van der Waals surface area contributed by atoms with Crippen molar-refractivity contribution in [1.29, 1.82) is 0 Å². The summed E-state index contributed by atoms with van der Waals surface area (Å²) in [6.45, 7) is 2.09. The van der Waals surface area contributed by atoms with Crippen molar-refractivity contribution in [3.8, 4) is 5.75 Å². The Kier molecular flexibility index (Phi) is 6.81. The lowest BCUT2D eigenvalue weighted by Crippen LogP contribution is -2.40. The summed E-state index contributed by atoms with van der Waals surface area (Å²) in [4.78, 5) is 13.7. The Bertz CT molecular complexity index is 473. The number of carbonyl (C=O) groups excluding carboxylic acids is 1. The van der Waals surface area contributed by atoms with Gasteiger partial charge in [0, 0.05) is 20.1 Å². The van der Waals surface area contributed by atoms with Crippen molar-refractivity contribution < 1.29 is 9.53 Å². The maximum absolute atomic E-state index is 12.0. The Labute approximate surface area is 133 Å². The van der Waals surface area contributed by atoms with Crippen molar-refractivity contribution in [3.63, 3.8) is 0 Å². The summed E-state index contributed by atoms with van der Waals surface area (Å²) in [5.41, 5.74) is 0. The van der Waals surface area contributed by atoms with Crippen LogP contribution in [0, 0.1) is 5.92 Å². The molecule has 120 valence electrons. The lowest BCUT2D eigenvalue weighted by atomic mass is 9.94. The first-order valence-electron chi connectivity index (χ1n) is 8.07. The van der Waals surface area contributed by atoms with E-state index in [2.05, 4.69) is 17.5 Å². The fourth-order valence-electron chi connectivity index (χ4n) is 2.52. The largest absolute Gasteiger partial charge is 0.494 e. The third-order valence-corrected chi connectivity index (χ3v) is 3.92. The fourth-order valence-corrected chi connectivity index (χ4v) is 2.52. The number of para-hydroxylation sites is 1. The van der Waals surface area contributed by atoms with Gasteiger partial charge in [0.25, 0.3) is 0 Å². The molecule has 0 aliphatic heterocycles. The molecule has 4 heteroatoms. The molecule has 1 atom stereocenters. The zero-order valence-corrected chi connectivity index (χ0v) is 13.3. The van der Waals surface area contributed by atoms with Crippen molar-refractivity contribution in [1.82, 2.24) is 10.2 Å². The average molecular weight is 302 g/mol. The lowest BCUT2D eigenvalue weighted by Gasteiger charge is -2.22. The van der Waals surface area contributed by atoms with Crippen LogP contribution in [0.4, 0.5) is 4.79 Å². The van der Waals surface area contributed by atoms with E-state index in [1.165, 1.54) is 6.42 Å². The second-order valence-corrected chi connectivity index (χ2v) is 5.77. The first kappa shape index (κ1) is 16.4. The van der Waals surface area contributed by atoms with Gasteiger partial charge >= 0.3 is 6.03 Å². The fraction of sp³-hybridized carbons (Fsp3) is 0.500. The number of amides is 2. The highest BCUT2D eigenvalue weighted by molar-refractivity contribution is 5.73. The van der Waals surface area contributed by atoms with E-state index in [9.17, 15) is 4.79 Å². The highest BCUT2D eigenvalue weighted by Gasteiger charge is 2.13. The number of ether oxygens (including phenoxy) is 1. The van der Waals surface area contributed by atoms with Gasteiger partial charge in [0.1, 0.15) is 5.75 Å². The van der Waals surface area contributed by atoms with Gasteiger partial charge in [0.05, 0.1) is 6.61 Å². The molecule has 1 N–H and O–H groups in total. The van der Waals surface area contributed by atoms with Crippen molar-refractivity contribution in [2.45, 2.75) is 25.7 Å². The standard InChI is InChI=1S/C18H26N2O2/c1-20(13-8-14-22-17-11-6-3-7-12-17)18(21)19-15-16-9-4-2-5-10-16/h2-4,6-7,11-12,16H,5,8-10,13-15H2,1H3,(H,19,21). The van der Waals surface area contributed by atoms with Gasteiger partial charge in [0.2, 0.25) is 0 Å². The number of nitrogens with one attached hydrogen (secondary N) is 1. The molecule has 1 unspecified atom stereocenters. The molecule has 1 aliphatic rings. The van der Waals surface area contributed by atoms with Gasteiger partial charge in [-0.2, -0.15) is 0 Å². The van der Waals surface area contributed by atoms with Gasteiger partial charge in [-0.25, -0.2) is 4.79 Å². The molecule has 2 amide bonds. The highest BCUT2D eigenvalue weighted by atomic mass is 16.5. The van der Waals surface area contributed by atoms with Crippen LogP contribution in [0.2, 0.25) is 0 Å². The number of allylic oxidation sites excluding steroid dienone is 2. The van der Waals surface area contributed by atoms with Crippen LogP contribution in [0.25, 0.3) is 0 Å². The molecule has 22 heavy (non-hydrogen) atoms. The molecule has 1 aromatic rings. The maximum atomic E-state index is 12.0. The summed E-state index contributed by atoms with van der Waals surface area (Å²) in [7, 11) is 1.83. The molecule has 1 aromatic carbocycles. The third kappa shape index (κ3) is 5.80. The Morgan fingerprint density at radius 2 is 2.14 bits per heavy atom. The number of hydrogen-bond acceptors (Lipinski definition) is 2. The minimum atomic E-state index is 0.00858. The minimum Gasteiger partial charge on any atom is -0.494 e. The summed E-state index contributed by atoms with van der Waals surface area (Å²) >= 11 is 0. The van der Waals surface area contributed by atoms with Gasteiger partial charge < -0.3 is 15.0 Å². The molecular weight excluding hydrogens is 276 g/mol. The van der Waals surface area contributed by atoms with E-state index < -0.39 is 0 Å². The van der Waals surface area contributed by atoms with E-state index in [0.29, 0.717) is 19.1 Å². The van der Waals surface area contributed by atoms with E-state index in [4.69, 9.17) is 4.74 Å². The topological polar surface area (TPSA) is 41.6 Å². The molecule has 4 nitrogen and oxygen atoms in total. The van der Waals surface area contributed by atoms with Crippen molar-refractivity contribution in [2.24, 2.45) is 5.92 Å². The van der Waals surface area contributed by atoms with Crippen molar-refractivity contribution >= 4 is 6.03 Å². The predicted molar refractivity (Wildman–Crippen MR) is 89.1 cm³/mol. The summed E-state index contributed by atoms with van der Waals surface area (Å²) in [6, 6.07) is 9.76. The molecule has 0 heterocycles. The molecule has 0 radical (unpaired) electrons. The van der Waals surface area contributed by atoms with Crippen LogP contribution in [0.15, 0.2) is 42.5 Å². The van der Waals surface area contributed by atoms with Gasteiger partial charge in [-0.3, -0.25) is 0 Å². The molecule has 0 aromatic heterocycles. The van der Waals surface area contributed by atoms with E-state index in [0.717, 1.165) is 31.6 Å². The molecule has 0 saturated carbocycles. The van der Waals surface area contributed by atoms with Crippen LogP contribution in [0.5, 0.6) is 5.75 Å². The minimum absolute atomic E-state index is 0.00858. The van der Waals surface area contributed by atoms with E-state index >= 15 is 0 Å². The molecular formula is C18H26N2O2. The summed E-state index contributed by atoms with van der Waals surface area (Å²) in [5.74, 6) is 1.46. The van der Waals surface area contributed by atoms with E-state index in [1.54, 1.807) is 4.90 Å². The van der Waals surface area contributed by atoms with Crippen LogP contribution in [-0.2, 0) is 0 Å². The van der Waals surface area contributed by atoms with Crippen LogP contribution < -0.4 is 10.1 Å². The number of carbonyl (C=O) groups is 1. The van der Waals surface area contributed by atoms with E-state index in [1.807, 2.05) is 37.4 Å². The average Bonchev–Trinajstić information content (AvgIpc) is 2.58. The predicted octanol–water partition coefficient (Wildman–Crippen LogP) is 3.45. The molecule has 0 spiro atoms. The third-order valence-electron chi connectivity index (χ3n) is 3.92.